The second-order valence-corrected chi connectivity index (χ2v) is 6.27. The van der Waals surface area contributed by atoms with E-state index in [9.17, 15) is 4.79 Å². The predicted molar refractivity (Wildman–Crippen MR) is 71.0 cm³/mol. The Morgan fingerprint density at radius 1 is 1.18 bits per heavy atom. The van der Waals surface area contributed by atoms with Gasteiger partial charge in [-0.05, 0) is 38.6 Å². The highest BCUT2D eigenvalue weighted by atomic mass is 16.1. The van der Waals surface area contributed by atoms with E-state index in [1.165, 1.54) is 32.1 Å². The van der Waals surface area contributed by atoms with E-state index in [1.807, 2.05) is 0 Å². The second-order valence-electron chi connectivity index (χ2n) is 6.27. The van der Waals surface area contributed by atoms with E-state index < -0.39 is 0 Å². The van der Waals surface area contributed by atoms with Gasteiger partial charge in [-0.25, -0.2) is 0 Å². The fraction of sp³-hybridized carbons (Fsp3) is 0.933. The maximum atomic E-state index is 11.9. The van der Waals surface area contributed by atoms with Crippen LogP contribution in [0, 0.1) is 11.8 Å². The van der Waals surface area contributed by atoms with Crippen LogP contribution in [0.5, 0.6) is 0 Å². The molecule has 0 bridgehead atoms. The van der Waals surface area contributed by atoms with Gasteiger partial charge in [-0.1, -0.05) is 26.2 Å². The number of carbonyl (C=O) groups excluding carboxylic acids is 1. The topological polar surface area (TPSA) is 20.3 Å². The van der Waals surface area contributed by atoms with Gasteiger partial charge in [-0.3, -0.25) is 4.79 Å². The van der Waals surface area contributed by atoms with Crippen molar-refractivity contribution in [1.29, 1.82) is 0 Å². The molecule has 0 amide bonds. The van der Waals surface area contributed by atoms with E-state index in [1.54, 1.807) is 0 Å². The van der Waals surface area contributed by atoms with Crippen LogP contribution in [0.2, 0.25) is 0 Å². The minimum absolute atomic E-state index is 0.339. The molecular weight excluding hydrogens is 210 g/mol. The van der Waals surface area contributed by atoms with E-state index in [-0.39, 0.29) is 0 Å². The van der Waals surface area contributed by atoms with Gasteiger partial charge in [0.2, 0.25) is 0 Å². The van der Waals surface area contributed by atoms with Crippen LogP contribution in [0.25, 0.3) is 0 Å². The van der Waals surface area contributed by atoms with Gasteiger partial charge in [0, 0.05) is 24.9 Å². The molecule has 3 atom stereocenters. The average Bonchev–Trinajstić information content (AvgIpc) is 2.32. The molecule has 2 fully saturated rings. The number of carbonyl (C=O) groups is 1. The molecule has 3 unspecified atom stereocenters. The highest BCUT2D eigenvalue weighted by Gasteiger charge is 2.27. The summed E-state index contributed by atoms with van der Waals surface area (Å²) in [5, 5.41) is 0. The number of ketones is 1. The smallest absolute Gasteiger partial charge is 0.137 e. The van der Waals surface area contributed by atoms with Gasteiger partial charge >= 0.3 is 0 Å². The summed E-state index contributed by atoms with van der Waals surface area (Å²) >= 11 is 0. The Bertz CT molecular complexity index is 264. The van der Waals surface area contributed by atoms with Crippen LogP contribution < -0.4 is 0 Å². The summed E-state index contributed by atoms with van der Waals surface area (Å²) in [5.74, 6) is 1.73. The Balaban J connectivity index is 1.82. The van der Waals surface area contributed by atoms with Gasteiger partial charge in [-0.15, -0.1) is 0 Å². The number of nitrogens with zero attached hydrogens (tertiary/aromatic N) is 1. The average molecular weight is 237 g/mol. The summed E-state index contributed by atoms with van der Waals surface area (Å²) < 4.78 is 0. The minimum Gasteiger partial charge on any atom is -0.303 e. The molecule has 0 aromatic carbocycles. The summed E-state index contributed by atoms with van der Waals surface area (Å²) in [5.41, 5.74) is 0. The van der Waals surface area contributed by atoms with Crippen molar-refractivity contribution in [1.82, 2.24) is 4.90 Å². The van der Waals surface area contributed by atoms with Gasteiger partial charge in [0.25, 0.3) is 0 Å². The van der Waals surface area contributed by atoms with E-state index in [0.717, 1.165) is 37.8 Å². The molecule has 98 valence electrons. The van der Waals surface area contributed by atoms with Crippen LogP contribution in [0.4, 0.5) is 0 Å². The summed E-state index contributed by atoms with van der Waals surface area (Å²) in [6.07, 6.45) is 9.77. The molecule has 0 radical (unpaired) electrons. The maximum absolute atomic E-state index is 11.9. The molecule has 0 saturated heterocycles. The van der Waals surface area contributed by atoms with Crippen LogP contribution >= 0.6 is 0 Å². The quantitative estimate of drug-likeness (QED) is 0.751. The van der Waals surface area contributed by atoms with Crippen molar-refractivity contribution >= 4 is 5.78 Å². The van der Waals surface area contributed by atoms with E-state index in [4.69, 9.17) is 0 Å². The number of hydrogen-bond acceptors (Lipinski definition) is 2. The monoisotopic (exact) mass is 237 g/mol. The first-order valence-electron chi connectivity index (χ1n) is 7.39. The maximum Gasteiger partial charge on any atom is 0.137 e. The van der Waals surface area contributed by atoms with Crippen LogP contribution in [0.1, 0.15) is 58.3 Å². The van der Waals surface area contributed by atoms with Crippen LogP contribution in [-0.2, 0) is 4.79 Å². The zero-order valence-corrected chi connectivity index (χ0v) is 11.5. The highest BCUT2D eigenvalue weighted by Crippen LogP contribution is 2.28. The Kier molecular flexibility index (Phi) is 4.61. The molecule has 0 aromatic heterocycles. The van der Waals surface area contributed by atoms with Crippen molar-refractivity contribution < 1.29 is 4.79 Å². The zero-order chi connectivity index (χ0) is 12.3. The van der Waals surface area contributed by atoms with Crippen molar-refractivity contribution in [2.24, 2.45) is 11.8 Å². The molecule has 17 heavy (non-hydrogen) atoms. The molecular formula is C15H27NO. The van der Waals surface area contributed by atoms with Gasteiger partial charge in [0.05, 0.1) is 0 Å². The fourth-order valence-electron chi connectivity index (χ4n) is 3.55. The first-order valence-corrected chi connectivity index (χ1v) is 7.39. The molecule has 2 rings (SSSR count). The third-order valence-corrected chi connectivity index (χ3v) is 4.72. The molecule has 2 aliphatic rings. The van der Waals surface area contributed by atoms with Gasteiger partial charge in [0.1, 0.15) is 5.78 Å². The SMILES string of the molecule is CC1CCCC(N(C)CC2CCCCC2=O)C1. The third kappa shape index (κ3) is 3.54. The lowest BCUT2D eigenvalue weighted by Gasteiger charge is -2.36. The molecule has 2 aliphatic carbocycles. The van der Waals surface area contributed by atoms with Crippen LogP contribution in [-0.4, -0.2) is 30.3 Å². The first kappa shape index (κ1) is 13.1. The summed E-state index contributed by atoms with van der Waals surface area (Å²) in [4.78, 5) is 14.3. The second kappa shape index (κ2) is 5.99. The lowest BCUT2D eigenvalue weighted by atomic mass is 9.84. The van der Waals surface area contributed by atoms with E-state index in [0.29, 0.717) is 11.7 Å². The summed E-state index contributed by atoms with van der Waals surface area (Å²) in [6.45, 7) is 3.38. The van der Waals surface area contributed by atoms with Crippen LogP contribution in [0.3, 0.4) is 0 Å². The molecule has 0 spiro atoms. The molecule has 0 N–H and O–H groups in total. The predicted octanol–water partition coefficient (Wildman–Crippen LogP) is 3.26. The fourth-order valence-corrected chi connectivity index (χ4v) is 3.55. The zero-order valence-electron chi connectivity index (χ0n) is 11.5. The summed E-state index contributed by atoms with van der Waals surface area (Å²) in [7, 11) is 2.23. The Labute approximate surface area is 106 Å². The normalized spacial score (nSPS) is 35.2. The van der Waals surface area contributed by atoms with E-state index >= 15 is 0 Å². The highest BCUT2D eigenvalue weighted by molar-refractivity contribution is 5.81. The van der Waals surface area contributed by atoms with Crippen molar-refractivity contribution in [3.05, 3.63) is 0 Å². The van der Waals surface area contributed by atoms with E-state index in [2.05, 4.69) is 18.9 Å². The van der Waals surface area contributed by atoms with Crippen molar-refractivity contribution in [3.63, 3.8) is 0 Å². The molecule has 0 aromatic rings. The lowest BCUT2D eigenvalue weighted by molar-refractivity contribution is -0.125. The summed E-state index contributed by atoms with van der Waals surface area (Å²) in [6, 6.07) is 0.730. The first-order chi connectivity index (χ1) is 8.16. The van der Waals surface area contributed by atoms with Crippen LogP contribution in [0.15, 0.2) is 0 Å². The van der Waals surface area contributed by atoms with Crippen molar-refractivity contribution in [2.45, 2.75) is 64.3 Å². The Morgan fingerprint density at radius 3 is 2.71 bits per heavy atom. The lowest BCUT2D eigenvalue weighted by Crippen LogP contribution is -2.40. The van der Waals surface area contributed by atoms with Gasteiger partial charge < -0.3 is 4.90 Å². The number of hydrogen-bond donors (Lipinski definition) is 0. The number of Topliss-reactive ketones (excluding diaryl/α,β-unsaturated/α-hetero) is 1. The standard InChI is InChI=1S/C15H27NO/c1-12-6-5-8-14(10-12)16(2)11-13-7-3-4-9-15(13)17/h12-14H,3-11H2,1-2H3. The number of rotatable bonds is 3. The molecule has 2 heteroatoms. The minimum atomic E-state index is 0.339. The molecule has 0 heterocycles. The molecule has 2 nitrogen and oxygen atoms in total. The Hall–Kier alpha value is -0.370. The largest absolute Gasteiger partial charge is 0.303 e. The molecule has 0 aliphatic heterocycles. The van der Waals surface area contributed by atoms with Crippen molar-refractivity contribution in [2.75, 3.05) is 13.6 Å². The third-order valence-electron chi connectivity index (χ3n) is 4.72. The van der Waals surface area contributed by atoms with Crippen molar-refractivity contribution in [3.8, 4) is 0 Å². The van der Waals surface area contributed by atoms with Gasteiger partial charge in [-0.2, -0.15) is 0 Å². The Morgan fingerprint density at radius 2 is 2.00 bits per heavy atom. The van der Waals surface area contributed by atoms with Gasteiger partial charge in [0.15, 0.2) is 0 Å². The molecule has 2 saturated carbocycles.